The first-order chi connectivity index (χ1) is 6.41. The third-order valence-electron chi connectivity index (χ3n) is 1.25. The molecule has 76 valence electrons. The van der Waals surface area contributed by atoms with Crippen LogP contribution in [0.25, 0.3) is 0 Å². The summed E-state index contributed by atoms with van der Waals surface area (Å²) >= 11 is 0. The van der Waals surface area contributed by atoms with Crippen molar-refractivity contribution in [3.05, 3.63) is 24.7 Å². The molecule has 1 aliphatic rings. The Morgan fingerprint density at radius 2 is 2.00 bits per heavy atom. The van der Waals surface area contributed by atoms with Gasteiger partial charge in [-0.05, 0) is 0 Å². The Labute approximate surface area is 76.2 Å². The van der Waals surface area contributed by atoms with E-state index in [9.17, 15) is 22.8 Å². The number of nitrogens with zero attached hydrogens (tertiary/aromatic N) is 1. The number of rotatable bonds is 0. The molecule has 4 nitrogen and oxygen atoms in total. The van der Waals surface area contributed by atoms with Crippen LogP contribution in [0.1, 0.15) is 0 Å². The van der Waals surface area contributed by atoms with E-state index in [1.807, 2.05) is 0 Å². The van der Waals surface area contributed by atoms with E-state index >= 15 is 0 Å². The van der Waals surface area contributed by atoms with Crippen molar-refractivity contribution in [2.75, 3.05) is 0 Å². The Morgan fingerprint density at radius 3 is 2.57 bits per heavy atom. The number of carbonyl (C=O) groups is 2. The van der Waals surface area contributed by atoms with Gasteiger partial charge in [0.15, 0.2) is 0 Å². The van der Waals surface area contributed by atoms with Gasteiger partial charge in [0, 0.05) is 18.5 Å². The molecule has 14 heavy (non-hydrogen) atoms. The lowest BCUT2D eigenvalue weighted by Crippen LogP contribution is -2.34. The summed E-state index contributed by atoms with van der Waals surface area (Å²) < 4.78 is 39.9. The van der Waals surface area contributed by atoms with Gasteiger partial charge in [-0.3, -0.25) is 9.69 Å². The Kier molecular flexibility index (Phi) is 2.59. The van der Waals surface area contributed by atoms with Crippen molar-refractivity contribution in [2.24, 2.45) is 0 Å². The normalized spacial score (nSPS) is 16.5. The molecule has 1 aliphatic heterocycles. The van der Waals surface area contributed by atoms with Gasteiger partial charge in [-0.25, -0.2) is 4.79 Å². The predicted octanol–water partition coefficient (Wildman–Crippen LogP) is 0.919. The fourth-order valence-corrected chi connectivity index (χ4v) is 0.675. The Hall–Kier alpha value is -1.79. The maximum absolute atomic E-state index is 11.9. The molecule has 0 unspecified atom stereocenters. The molecule has 1 heterocycles. The van der Waals surface area contributed by atoms with Crippen LogP contribution in [0.4, 0.5) is 13.2 Å². The molecule has 0 aromatic heterocycles. The standard InChI is InChI=1S/C7H4F3NO3/c8-7(9,10)6(13)11-2-1-5(12)14-4-3-11/h1-4H. The van der Waals surface area contributed by atoms with E-state index in [1.54, 1.807) is 0 Å². The summed E-state index contributed by atoms with van der Waals surface area (Å²) in [5.74, 6) is -2.94. The molecule has 0 aromatic rings. The third kappa shape index (κ3) is 2.35. The highest BCUT2D eigenvalue weighted by molar-refractivity contribution is 5.87. The number of esters is 1. The number of ether oxygens (including phenoxy) is 1. The first-order valence-electron chi connectivity index (χ1n) is 3.36. The Bertz CT molecular complexity index is 319. The van der Waals surface area contributed by atoms with Crippen LogP contribution in [0.5, 0.6) is 0 Å². The highest BCUT2D eigenvalue weighted by Gasteiger charge is 2.41. The van der Waals surface area contributed by atoms with Crippen LogP contribution in [0.2, 0.25) is 0 Å². The van der Waals surface area contributed by atoms with E-state index < -0.39 is 18.1 Å². The minimum absolute atomic E-state index is 0.213. The molecule has 0 N–H and O–H groups in total. The van der Waals surface area contributed by atoms with Crippen molar-refractivity contribution in [3.8, 4) is 0 Å². The minimum atomic E-state index is -4.98. The number of amides is 1. The second-order valence-electron chi connectivity index (χ2n) is 2.25. The van der Waals surface area contributed by atoms with Gasteiger partial charge in [0.05, 0.1) is 0 Å². The first-order valence-corrected chi connectivity index (χ1v) is 3.36. The van der Waals surface area contributed by atoms with Crippen molar-refractivity contribution in [1.82, 2.24) is 4.90 Å². The van der Waals surface area contributed by atoms with E-state index in [2.05, 4.69) is 4.74 Å². The van der Waals surface area contributed by atoms with Crippen molar-refractivity contribution < 1.29 is 27.5 Å². The zero-order chi connectivity index (χ0) is 10.8. The van der Waals surface area contributed by atoms with E-state index in [0.717, 1.165) is 0 Å². The summed E-state index contributed by atoms with van der Waals surface area (Å²) in [5.41, 5.74) is 0. The molecule has 0 saturated carbocycles. The quantitative estimate of drug-likeness (QED) is 0.555. The number of cyclic esters (lactones) is 1. The average molecular weight is 207 g/mol. The minimum Gasteiger partial charge on any atom is -0.430 e. The second-order valence-corrected chi connectivity index (χ2v) is 2.25. The summed E-state index contributed by atoms with van der Waals surface area (Å²) in [6, 6.07) is 0. The molecular weight excluding hydrogens is 203 g/mol. The third-order valence-corrected chi connectivity index (χ3v) is 1.25. The summed E-state index contributed by atoms with van der Waals surface area (Å²) in [6.07, 6.45) is -2.18. The molecule has 0 aliphatic carbocycles. The van der Waals surface area contributed by atoms with Crippen LogP contribution in [-0.4, -0.2) is 23.0 Å². The topological polar surface area (TPSA) is 46.6 Å². The lowest BCUT2D eigenvalue weighted by Gasteiger charge is -2.13. The summed E-state index contributed by atoms with van der Waals surface area (Å²) in [7, 11) is 0. The van der Waals surface area contributed by atoms with Crippen molar-refractivity contribution in [1.29, 1.82) is 0 Å². The van der Waals surface area contributed by atoms with Gasteiger partial charge in [0.2, 0.25) is 0 Å². The van der Waals surface area contributed by atoms with Gasteiger partial charge in [-0.1, -0.05) is 0 Å². The molecule has 7 heteroatoms. The lowest BCUT2D eigenvalue weighted by molar-refractivity contribution is -0.180. The number of carbonyl (C=O) groups excluding carboxylic acids is 2. The maximum atomic E-state index is 11.9. The molecule has 0 aromatic carbocycles. The largest absolute Gasteiger partial charge is 0.472 e. The molecule has 0 spiro atoms. The van der Waals surface area contributed by atoms with Gasteiger partial charge < -0.3 is 4.74 Å². The van der Waals surface area contributed by atoms with Crippen molar-refractivity contribution in [2.45, 2.75) is 6.18 Å². The van der Waals surface area contributed by atoms with Crippen LogP contribution in [-0.2, 0) is 14.3 Å². The Morgan fingerprint density at radius 1 is 1.36 bits per heavy atom. The molecule has 1 amide bonds. The molecule has 1 rings (SSSR count). The average Bonchev–Trinajstić information content (AvgIpc) is 2.27. The molecule has 0 atom stereocenters. The molecule has 0 fully saturated rings. The molecule has 0 bridgehead atoms. The summed E-state index contributed by atoms with van der Waals surface area (Å²) in [5, 5.41) is 0. The number of hydrogen-bond donors (Lipinski definition) is 0. The smallest absolute Gasteiger partial charge is 0.430 e. The lowest BCUT2D eigenvalue weighted by atomic mass is 10.5. The zero-order valence-electron chi connectivity index (χ0n) is 6.62. The molecular formula is C7H4F3NO3. The van der Waals surface area contributed by atoms with Crippen LogP contribution in [0.3, 0.4) is 0 Å². The van der Waals surface area contributed by atoms with Crippen LogP contribution in [0.15, 0.2) is 24.7 Å². The van der Waals surface area contributed by atoms with Crippen LogP contribution >= 0.6 is 0 Å². The van der Waals surface area contributed by atoms with Crippen molar-refractivity contribution in [3.63, 3.8) is 0 Å². The van der Waals surface area contributed by atoms with Gasteiger partial charge in [-0.2, -0.15) is 13.2 Å². The van der Waals surface area contributed by atoms with E-state index in [-0.39, 0.29) is 4.90 Å². The van der Waals surface area contributed by atoms with Crippen LogP contribution < -0.4 is 0 Å². The fraction of sp³-hybridized carbons (Fsp3) is 0.143. The van der Waals surface area contributed by atoms with Crippen LogP contribution in [0, 0.1) is 0 Å². The van der Waals surface area contributed by atoms with Crippen molar-refractivity contribution >= 4 is 11.9 Å². The number of alkyl halides is 3. The van der Waals surface area contributed by atoms with Gasteiger partial charge in [0.1, 0.15) is 6.26 Å². The molecule has 0 radical (unpaired) electrons. The highest BCUT2D eigenvalue weighted by atomic mass is 19.4. The van der Waals surface area contributed by atoms with Gasteiger partial charge in [-0.15, -0.1) is 0 Å². The zero-order valence-corrected chi connectivity index (χ0v) is 6.62. The second kappa shape index (κ2) is 3.52. The fourth-order valence-electron chi connectivity index (χ4n) is 0.675. The number of hydrogen-bond acceptors (Lipinski definition) is 3. The van der Waals surface area contributed by atoms with E-state index in [1.165, 1.54) is 0 Å². The summed E-state index contributed by atoms with van der Waals surface area (Å²) in [6.45, 7) is 0. The van der Waals surface area contributed by atoms with E-state index in [4.69, 9.17) is 0 Å². The van der Waals surface area contributed by atoms with Gasteiger partial charge in [0.25, 0.3) is 0 Å². The maximum Gasteiger partial charge on any atom is 0.472 e. The predicted molar refractivity (Wildman–Crippen MR) is 37.3 cm³/mol. The SMILES string of the molecule is O=C1C=CN(C(=O)C(F)(F)F)C=CO1. The van der Waals surface area contributed by atoms with Gasteiger partial charge >= 0.3 is 18.1 Å². The highest BCUT2D eigenvalue weighted by Crippen LogP contribution is 2.19. The first kappa shape index (κ1) is 10.3. The van der Waals surface area contributed by atoms with E-state index in [0.29, 0.717) is 24.7 Å². The monoisotopic (exact) mass is 207 g/mol. The Balaban J connectivity index is 2.84. The summed E-state index contributed by atoms with van der Waals surface area (Å²) in [4.78, 5) is 21.3. The number of halogens is 3. The molecule has 0 saturated heterocycles.